The van der Waals surface area contributed by atoms with Gasteiger partial charge in [0, 0.05) is 22.6 Å². The number of esters is 1. The summed E-state index contributed by atoms with van der Waals surface area (Å²) < 4.78 is 41.7. The average Bonchev–Trinajstić information content (AvgIpc) is 3.26. The largest absolute Gasteiger partial charge is 0.493 e. The van der Waals surface area contributed by atoms with E-state index < -0.39 is 17.7 Å². The number of carbonyl (C=O) groups excluding carboxylic acids is 1. The summed E-state index contributed by atoms with van der Waals surface area (Å²) in [5.74, 6) is -0.385. The van der Waals surface area contributed by atoms with Crippen molar-refractivity contribution in [2.45, 2.75) is 12.8 Å². The van der Waals surface area contributed by atoms with Gasteiger partial charge < -0.3 is 29.1 Å². The number of furan rings is 1. The van der Waals surface area contributed by atoms with E-state index >= 15 is 0 Å². The zero-order valence-electron chi connectivity index (χ0n) is 21.1. The Labute approximate surface area is 223 Å². The summed E-state index contributed by atoms with van der Waals surface area (Å²) in [6.45, 7) is 5.61. The number of methoxy groups -OCH3 is 1. The number of nitriles is 1. The molecule has 3 aromatic carbocycles. The van der Waals surface area contributed by atoms with Crippen LogP contribution in [0.3, 0.4) is 0 Å². The van der Waals surface area contributed by atoms with Crippen molar-refractivity contribution >= 4 is 16.9 Å². The lowest BCUT2D eigenvalue weighted by Crippen LogP contribution is -2.21. The molecule has 39 heavy (non-hydrogen) atoms. The van der Waals surface area contributed by atoms with Gasteiger partial charge in [-0.2, -0.15) is 5.26 Å². The molecular weight excluding hydrogens is 503 g/mol. The molecule has 0 fully saturated rings. The van der Waals surface area contributed by atoms with Crippen LogP contribution in [0.15, 0.2) is 83.1 Å². The standard InChI is InChI=1S/C30H23FN2O6/c1-4-11-36-24-9-5-17(12-26(24)35-3)27-20-8-7-19(14-25(20)39-29(33)22(27)15-32)37-30(34)28-16(2)21-13-18(31)6-10-23(21)38-28/h4-10,12-14,27H,1,11,33H2,2-3H3. The Hall–Kier alpha value is -5.23. The van der Waals surface area contributed by atoms with E-state index in [2.05, 4.69) is 12.6 Å². The van der Waals surface area contributed by atoms with E-state index in [0.717, 1.165) is 5.56 Å². The molecule has 0 saturated heterocycles. The second-order valence-corrected chi connectivity index (χ2v) is 8.72. The highest BCUT2D eigenvalue weighted by Crippen LogP contribution is 2.45. The smallest absolute Gasteiger partial charge is 0.379 e. The molecule has 1 aliphatic rings. The molecule has 5 rings (SSSR count). The van der Waals surface area contributed by atoms with Crippen LogP contribution in [0.5, 0.6) is 23.0 Å². The number of carbonyl (C=O) groups is 1. The molecule has 1 aliphatic heterocycles. The molecule has 1 aromatic heterocycles. The fourth-order valence-corrected chi connectivity index (χ4v) is 4.52. The number of aryl methyl sites for hydroxylation is 1. The number of ether oxygens (including phenoxy) is 4. The summed E-state index contributed by atoms with van der Waals surface area (Å²) in [6, 6.07) is 16.3. The van der Waals surface area contributed by atoms with Gasteiger partial charge in [0.25, 0.3) is 0 Å². The molecule has 1 unspecified atom stereocenters. The van der Waals surface area contributed by atoms with Crippen LogP contribution in [0.1, 0.15) is 33.2 Å². The summed E-state index contributed by atoms with van der Waals surface area (Å²) in [4.78, 5) is 12.9. The minimum Gasteiger partial charge on any atom is -0.493 e. The topological polar surface area (TPSA) is 117 Å². The van der Waals surface area contributed by atoms with Crippen LogP contribution in [-0.4, -0.2) is 19.7 Å². The molecule has 0 spiro atoms. The Bertz CT molecular complexity index is 1700. The van der Waals surface area contributed by atoms with Crippen molar-refractivity contribution in [3.05, 3.63) is 107 Å². The number of rotatable bonds is 7. The Kier molecular flexibility index (Phi) is 6.69. The van der Waals surface area contributed by atoms with Crippen LogP contribution in [0, 0.1) is 24.1 Å². The Balaban J connectivity index is 1.48. The van der Waals surface area contributed by atoms with Crippen LogP contribution < -0.4 is 24.7 Å². The van der Waals surface area contributed by atoms with E-state index in [4.69, 9.17) is 29.1 Å². The molecule has 8 nitrogen and oxygen atoms in total. The lowest BCUT2D eigenvalue weighted by atomic mass is 9.83. The van der Waals surface area contributed by atoms with Crippen LogP contribution in [0.4, 0.5) is 4.39 Å². The monoisotopic (exact) mass is 526 g/mol. The number of hydrogen-bond acceptors (Lipinski definition) is 8. The molecule has 0 saturated carbocycles. The lowest BCUT2D eigenvalue weighted by Gasteiger charge is -2.27. The minimum atomic E-state index is -0.752. The van der Waals surface area contributed by atoms with Gasteiger partial charge in [0.15, 0.2) is 11.5 Å². The van der Waals surface area contributed by atoms with E-state index in [1.807, 2.05) is 6.07 Å². The van der Waals surface area contributed by atoms with Gasteiger partial charge in [0.2, 0.25) is 11.6 Å². The number of fused-ring (bicyclic) bond motifs is 2. The van der Waals surface area contributed by atoms with Gasteiger partial charge in [0.1, 0.15) is 41.1 Å². The molecule has 9 heteroatoms. The van der Waals surface area contributed by atoms with Gasteiger partial charge in [-0.05, 0) is 48.9 Å². The predicted molar refractivity (Wildman–Crippen MR) is 140 cm³/mol. The van der Waals surface area contributed by atoms with Crippen molar-refractivity contribution in [1.82, 2.24) is 0 Å². The first-order chi connectivity index (χ1) is 18.8. The fraction of sp³-hybridized carbons (Fsp3) is 0.133. The molecule has 0 radical (unpaired) electrons. The highest BCUT2D eigenvalue weighted by atomic mass is 19.1. The maximum absolute atomic E-state index is 13.7. The molecule has 0 aliphatic carbocycles. The molecule has 0 amide bonds. The van der Waals surface area contributed by atoms with E-state index in [9.17, 15) is 14.4 Å². The molecule has 2 heterocycles. The third kappa shape index (κ3) is 4.64. The molecule has 196 valence electrons. The quantitative estimate of drug-likeness (QED) is 0.180. The zero-order valence-corrected chi connectivity index (χ0v) is 21.1. The van der Waals surface area contributed by atoms with Gasteiger partial charge in [-0.25, -0.2) is 9.18 Å². The van der Waals surface area contributed by atoms with Crippen molar-refractivity contribution in [1.29, 1.82) is 5.26 Å². The van der Waals surface area contributed by atoms with Crippen LogP contribution in [0.25, 0.3) is 11.0 Å². The number of nitrogens with zero attached hydrogens (tertiary/aromatic N) is 1. The second kappa shape index (κ2) is 10.3. The predicted octanol–water partition coefficient (Wildman–Crippen LogP) is 5.89. The fourth-order valence-electron chi connectivity index (χ4n) is 4.52. The number of nitrogens with two attached hydrogens (primary N) is 1. The SMILES string of the molecule is C=CCOc1ccc(C2C(C#N)=C(N)Oc3cc(OC(=O)c4oc5ccc(F)cc5c4C)ccc32)cc1OC. The number of halogens is 1. The van der Waals surface area contributed by atoms with E-state index in [1.54, 1.807) is 37.3 Å². The Morgan fingerprint density at radius 3 is 2.74 bits per heavy atom. The summed E-state index contributed by atoms with van der Waals surface area (Å²) in [6.07, 6.45) is 1.62. The van der Waals surface area contributed by atoms with Crippen molar-refractivity contribution in [3.63, 3.8) is 0 Å². The number of benzene rings is 3. The maximum Gasteiger partial charge on any atom is 0.379 e. The zero-order chi connectivity index (χ0) is 27.7. The highest BCUT2D eigenvalue weighted by Gasteiger charge is 2.32. The molecule has 2 N–H and O–H groups in total. The Morgan fingerprint density at radius 2 is 2.00 bits per heavy atom. The van der Waals surface area contributed by atoms with Gasteiger partial charge in [0.05, 0.1) is 13.0 Å². The van der Waals surface area contributed by atoms with Gasteiger partial charge in [-0.15, -0.1) is 0 Å². The first kappa shape index (κ1) is 25.4. The van der Waals surface area contributed by atoms with Gasteiger partial charge in [-0.1, -0.05) is 24.8 Å². The van der Waals surface area contributed by atoms with E-state index in [1.165, 1.54) is 31.4 Å². The van der Waals surface area contributed by atoms with Crippen LogP contribution in [-0.2, 0) is 0 Å². The third-order valence-electron chi connectivity index (χ3n) is 6.36. The summed E-state index contributed by atoms with van der Waals surface area (Å²) in [7, 11) is 1.52. The normalized spacial score (nSPS) is 14.3. The summed E-state index contributed by atoms with van der Waals surface area (Å²) in [5, 5.41) is 10.4. The molecular formula is C30H23FN2O6. The van der Waals surface area contributed by atoms with Crippen molar-refractivity contribution in [3.8, 4) is 29.1 Å². The number of allylic oxidation sites excluding steroid dienone is 1. The lowest BCUT2D eigenvalue weighted by molar-refractivity contribution is 0.0702. The first-order valence-corrected chi connectivity index (χ1v) is 11.9. The van der Waals surface area contributed by atoms with Gasteiger partial charge >= 0.3 is 5.97 Å². The average molecular weight is 527 g/mol. The van der Waals surface area contributed by atoms with Crippen LogP contribution in [0.2, 0.25) is 0 Å². The third-order valence-corrected chi connectivity index (χ3v) is 6.36. The molecule has 1 atom stereocenters. The second-order valence-electron chi connectivity index (χ2n) is 8.72. The van der Waals surface area contributed by atoms with Crippen molar-refractivity contribution < 1.29 is 32.5 Å². The van der Waals surface area contributed by atoms with Crippen molar-refractivity contribution in [2.75, 3.05) is 13.7 Å². The maximum atomic E-state index is 13.7. The van der Waals surface area contributed by atoms with Crippen molar-refractivity contribution in [2.24, 2.45) is 5.73 Å². The number of hydrogen-bond donors (Lipinski definition) is 1. The summed E-state index contributed by atoms with van der Waals surface area (Å²) >= 11 is 0. The summed E-state index contributed by atoms with van der Waals surface area (Å²) in [5.41, 5.74) is 8.54. The molecule has 4 aromatic rings. The van der Waals surface area contributed by atoms with E-state index in [0.29, 0.717) is 46.0 Å². The first-order valence-electron chi connectivity index (χ1n) is 11.9. The van der Waals surface area contributed by atoms with Crippen LogP contribution >= 0.6 is 0 Å². The van der Waals surface area contributed by atoms with Gasteiger partial charge in [-0.3, -0.25) is 0 Å². The minimum absolute atomic E-state index is 0.0378. The Morgan fingerprint density at radius 1 is 1.18 bits per heavy atom. The van der Waals surface area contributed by atoms with E-state index in [-0.39, 0.29) is 23.0 Å². The molecule has 0 bridgehead atoms. The highest BCUT2D eigenvalue weighted by molar-refractivity contribution is 5.96.